The zero-order chi connectivity index (χ0) is 15.4. The first-order valence-corrected chi connectivity index (χ1v) is 6.41. The summed E-state index contributed by atoms with van der Waals surface area (Å²) in [6.45, 7) is 1.84. The molecule has 2 rings (SSSR count). The summed E-state index contributed by atoms with van der Waals surface area (Å²) in [6, 6.07) is 9.31. The standard InChI is InChI=1S/C16H16FNO3/c1-10-3-5-13(14(19)7-10)18-16(20)9-11-4-6-15(21-2)12(17)8-11/h3-8,19H,9H2,1-2H3,(H,18,20). The third-order valence-corrected chi connectivity index (χ3v) is 3.01. The fourth-order valence-electron chi connectivity index (χ4n) is 1.95. The van der Waals surface area contributed by atoms with Gasteiger partial charge in [-0.05, 0) is 42.3 Å². The maximum Gasteiger partial charge on any atom is 0.228 e. The van der Waals surface area contributed by atoms with Gasteiger partial charge in [0, 0.05) is 0 Å². The number of ether oxygens (including phenoxy) is 1. The number of carbonyl (C=O) groups excluding carboxylic acids is 1. The van der Waals surface area contributed by atoms with Gasteiger partial charge in [0.15, 0.2) is 11.6 Å². The van der Waals surface area contributed by atoms with E-state index < -0.39 is 5.82 Å². The number of phenols is 1. The number of carbonyl (C=O) groups is 1. The average molecular weight is 289 g/mol. The van der Waals surface area contributed by atoms with E-state index in [0.717, 1.165) is 5.56 Å². The summed E-state index contributed by atoms with van der Waals surface area (Å²) in [6.07, 6.45) is 0.00817. The number of phenolic OH excluding ortho intramolecular Hbond substituents is 1. The minimum absolute atomic E-state index is 0.00395. The second-order valence-corrected chi connectivity index (χ2v) is 4.71. The second-order valence-electron chi connectivity index (χ2n) is 4.71. The van der Waals surface area contributed by atoms with Crippen molar-refractivity contribution in [3.63, 3.8) is 0 Å². The molecule has 2 aromatic carbocycles. The smallest absolute Gasteiger partial charge is 0.228 e. The number of rotatable bonds is 4. The lowest BCUT2D eigenvalue weighted by Gasteiger charge is -2.09. The molecule has 0 heterocycles. The highest BCUT2D eigenvalue weighted by molar-refractivity contribution is 5.93. The minimum atomic E-state index is -0.513. The molecule has 4 nitrogen and oxygen atoms in total. The number of aryl methyl sites for hydroxylation is 1. The van der Waals surface area contributed by atoms with Crippen LogP contribution >= 0.6 is 0 Å². The first-order valence-electron chi connectivity index (χ1n) is 6.41. The predicted octanol–water partition coefficient (Wildman–Crippen LogP) is 3.03. The summed E-state index contributed by atoms with van der Waals surface area (Å²) in [5.74, 6) is -0.709. The van der Waals surface area contributed by atoms with Crippen molar-refractivity contribution in [2.45, 2.75) is 13.3 Å². The van der Waals surface area contributed by atoms with E-state index >= 15 is 0 Å². The minimum Gasteiger partial charge on any atom is -0.506 e. The molecule has 0 unspecified atom stereocenters. The van der Waals surface area contributed by atoms with Gasteiger partial charge in [-0.15, -0.1) is 0 Å². The number of aromatic hydroxyl groups is 1. The van der Waals surface area contributed by atoms with Gasteiger partial charge in [-0.3, -0.25) is 4.79 Å². The van der Waals surface area contributed by atoms with Crippen LogP contribution in [-0.4, -0.2) is 18.1 Å². The summed E-state index contributed by atoms with van der Waals surface area (Å²) in [7, 11) is 1.38. The maximum absolute atomic E-state index is 13.5. The molecule has 2 aromatic rings. The lowest BCUT2D eigenvalue weighted by Crippen LogP contribution is -2.14. The van der Waals surface area contributed by atoms with E-state index in [1.54, 1.807) is 24.3 Å². The normalized spacial score (nSPS) is 10.2. The van der Waals surface area contributed by atoms with E-state index in [9.17, 15) is 14.3 Å². The number of halogens is 1. The zero-order valence-electron chi connectivity index (χ0n) is 11.8. The van der Waals surface area contributed by atoms with Gasteiger partial charge < -0.3 is 15.2 Å². The molecule has 1 amide bonds. The van der Waals surface area contributed by atoms with Crippen LogP contribution in [0, 0.1) is 12.7 Å². The van der Waals surface area contributed by atoms with Gasteiger partial charge >= 0.3 is 0 Å². The van der Waals surface area contributed by atoms with Crippen LogP contribution in [0.15, 0.2) is 36.4 Å². The molecular formula is C16H16FNO3. The second kappa shape index (κ2) is 6.26. The Balaban J connectivity index is 2.06. The molecule has 0 aliphatic carbocycles. The highest BCUT2D eigenvalue weighted by Crippen LogP contribution is 2.24. The largest absolute Gasteiger partial charge is 0.506 e. The Bertz CT molecular complexity index is 671. The van der Waals surface area contributed by atoms with Gasteiger partial charge in [0.2, 0.25) is 5.91 Å². The van der Waals surface area contributed by atoms with Crippen molar-refractivity contribution in [1.29, 1.82) is 0 Å². The molecule has 0 bridgehead atoms. The van der Waals surface area contributed by atoms with E-state index in [1.807, 2.05) is 6.92 Å². The third kappa shape index (κ3) is 3.72. The van der Waals surface area contributed by atoms with E-state index in [2.05, 4.69) is 5.32 Å². The van der Waals surface area contributed by atoms with Gasteiger partial charge in [-0.2, -0.15) is 0 Å². The highest BCUT2D eigenvalue weighted by atomic mass is 19.1. The van der Waals surface area contributed by atoms with Crippen molar-refractivity contribution in [3.05, 3.63) is 53.3 Å². The third-order valence-electron chi connectivity index (χ3n) is 3.01. The molecule has 5 heteroatoms. The van der Waals surface area contributed by atoms with Crippen LogP contribution in [0.4, 0.5) is 10.1 Å². The number of benzene rings is 2. The molecule has 0 aromatic heterocycles. The molecule has 0 fully saturated rings. The number of anilines is 1. The van der Waals surface area contributed by atoms with E-state index in [4.69, 9.17) is 4.74 Å². The quantitative estimate of drug-likeness (QED) is 0.851. The molecule has 0 atom stereocenters. The van der Waals surface area contributed by atoms with Crippen molar-refractivity contribution in [3.8, 4) is 11.5 Å². The molecule has 21 heavy (non-hydrogen) atoms. The highest BCUT2D eigenvalue weighted by Gasteiger charge is 2.10. The van der Waals surface area contributed by atoms with Crippen molar-refractivity contribution >= 4 is 11.6 Å². The molecule has 110 valence electrons. The monoisotopic (exact) mass is 289 g/mol. The summed E-state index contributed by atoms with van der Waals surface area (Å²) in [4.78, 5) is 11.9. The van der Waals surface area contributed by atoms with Gasteiger partial charge in [0.25, 0.3) is 0 Å². The summed E-state index contributed by atoms with van der Waals surface area (Å²) >= 11 is 0. The van der Waals surface area contributed by atoms with Crippen LogP contribution in [0.1, 0.15) is 11.1 Å². The summed E-state index contributed by atoms with van der Waals surface area (Å²) in [5.41, 5.74) is 1.75. The van der Waals surface area contributed by atoms with Gasteiger partial charge in [0.05, 0.1) is 19.2 Å². The molecule has 0 spiro atoms. The molecule has 0 saturated heterocycles. The van der Waals surface area contributed by atoms with Crippen LogP contribution in [-0.2, 0) is 11.2 Å². The fraction of sp³-hybridized carbons (Fsp3) is 0.188. The van der Waals surface area contributed by atoms with E-state index in [1.165, 1.54) is 19.2 Å². The van der Waals surface area contributed by atoms with Crippen LogP contribution in [0.2, 0.25) is 0 Å². The van der Waals surface area contributed by atoms with Crippen molar-refractivity contribution in [2.24, 2.45) is 0 Å². The Morgan fingerprint density at radius 3 is 2.67 bits per heavy atom. The maximum atomic E-state index is 13.5. The number of hydrogen-bond donors (Lipinski definition) is 2. The van der Waals surface area contributed by atoms with E-state index in [-0.39, 0.29) is 23.8 Å². The number of methoxy groups -OCH3 is 1. The van der Waals surface area contributed by atoms with Crippen molar-refractivity contribution < 1.29 is 19.0 Å². The SMILES string of the molecule is COc1ccc(CC(=O)Nc2ccc(C)cc2O)cc1F. The number of hydrogen-bond acceptors (Lipinski definition) is 3. The summed E-state index contributed by atoms with van der Waals surface area (Å²) < 4.78 is 18.4. The number of nitrogens with one attached hydrogen (secondary N) is 1. The molecule has 0 aliphatic heterocycles. The van der Waals surface area contributed by atoms with Crippen LogP contribution in [0.3, 0.4) is 0 Å². The Morgan fingerprint density at radius 2 is 2.05 bits per heavy atom. The van der Waals surface area contributed by atoms with E-state index in [0.29, 0.717) is 11.3 Å². The molecule has 0 saturated carbocycles. The Morgan fingerprint density at radius 1 is 1.29 bits per heavy atom. The van der Waals surface area contributed by atoms with Crippen molar-refractivity contribution in [2.75, 3.05) is 12.4 Å². The summed E-state index contributed by atoms with van der Waals surface area (Å²) in [5, 5.41) is 12.3. The van der Waals surface area contributed by atoms with Crippen LogP contribution in [0.25, 0.3) is 0 Å². The van der Waals surface area contributed by atoms with Gasteiger partial charge in [-0.1, -0.05) is 12.1 Å². The molecular weight excluding hydrogens is 273 g/mol. The fourth-order valence-corrected chi connectivity index (χ4v) is 1.95. The van der Waals surface area contributed by atoms with Crippen molar-refractivity contribution in [1.82, 2.24) is 0 Å². The Labute approximate surface area is 122 Å². The lowest BCUT2D eigenvalue weighted by atomic mass is 10.1. The van der Waals surface area contributed by atoms with Gasteiger partial charge in [-0.25, -0.2) is 4.39 Å². The van der Waals surface area contributed by atoms with Crippen LogP contribution < -0.4 is 10.1 Å². The molecule has 0 radical (unpaired) electrons. The average Bonchev–Trinajstić information content (AvgIpc) is 2.42. The Kier molecular flexibility index (Phi) is 4.42. The molecule has 0 aliphatic rings. The topological polar surface area (TPSA) is 58.6 Å². The first kappa shape index (κ1) is 14.8. The number of amides is 1. The Hall–Kier alpha value is -2.56. The first-order chi connectivity index (χ1) is 9.99. The lowest BCUT2D eigenvalue weighted by molar-refractivity contribution is -0.115. The van der Waals surface area contributed by atoms with Crippen LogP contribution in [0.5, 0.6) is 11.5 Å². The van der Waals surface area contributed by atoms with Gasteiger partial charge in [0.1, 0.15) is 5.75 Å². The predicted molar refractivity (Wildman–Crippen MR) is 78.1 cm³/mol. The zero-order valence-corrected chi connectivity index (χ0v) is 11.8. The molecule has 2 N–H and O–H groups in total.